The molecule has 0 spiro atoms. The Labute approximate surface area is 217 Å². The van der Waals surface area contributed by atoms with Gasteiger partial charge in [0.15, 0.2) is 5.82 Å². The third kappa shape index (κ3) is 10.7. The molecule has 1 aliphatic heterocycles. The van der Waals surface area contributed by atoms with Crippen LogP contribution in [0.5, 0.6) is 5.88 Å². The standard InChI is InChI=1S/C25H35ClN4O2.C3H8/c1-7-17(4)23(27-6)12-10-19(8-2)22(9-3)28-18(5)29-24-13-11-21(26)25(30-24)32-20-14-15-31-16-20;1-3-2/h8-13,17,20,27H,2,7,14-16H2,1,3-6H3,(H,28,29,30);3H2,1-2H3/b19-10+,22-9-,23-12+;. The SMILES string of the molecule is C=CC(=C\C=C(\NC)C(C)CC)/C(=C/C)NC(C)=Nc1ccc(Cl)c(OC2CCOC2)n1.CCC. The van der Waals surface area contributed by atoms with E-state index in [1.165, 1.54) is 12.1 Å². The lowest BCUT2D eigenvalue weighted by Crippen LogP contribution is -2.20. The number of rotatable bonds is 10. The van der Waals surface area contributed by atoms with E-state index in [0.29, 0.717) is 41.7 Å². The van der Waals surface area contributed by atoms with Gasteiger partial charge in [-0.25, -0.2) is 4.99 Å². The van der Waals surface area contributed by atoms with Crippen LogP contribution in [0, 0.1) is 5.92 Å². The van der Waals surface area contributed by atoms with E-state index in [1.54, 1.807) is 12.1 Å². The first-order valence-electron chi connectivity index (χ1n) is 12.4. The average molecular weight is 503 g/mol. The number of halogens is 1. The molecule has 0 aliphatic carbocycles. The number of aromatic nitrogens is 1. The quantitative estimate of drug-likeness (QED) is 0.202. The average Bonchev–Trinajstić information content (AvgIpc) is 3.36. The second-order valence-electron chi connectivity index (χ2n) is 8.30. The second-order valence-corrected chi connectivity index (χ2v) is 8.71. The molecule has 1 aromatic heterocycles. The van der Waals surface area contributed by atoms with E-state index in [4.69, 9.17) is 21.1 Å². The van der Waals surface area contributed by atoms with Gasteiger partial charge in [0.25, 0.3) is 0 Å². The molecule has 194 valence electrons. The van der Waals surface area contributed by atoms with Gasteiger partial charge in [-0.1, -0.05) is 70.5 Å². The van der Waals surface area contributed by atoms with E-state index in [2.05, 4.69) is 67.0 Å². The molecule has 0 bridgehead atoms. The molecular weight excluding hydrogens is 460 g/mol. The Balaban J connectivity index is 0.00000194. The van der Waals surface area contributed by atoms with Crippen LogP contribution in [0.25, 0.3) is 0 Å². The molecule has 0 radical (unpaired) electrons. The van der Waals surface area contributed by atoms with Crippen molar-refractivity contribution in [3.63, 3.8) is 0 Å². The lowest BCUT2D eigenvalue weighted by atomic mass is 10.0. The Morgan fingerprint density at radius 2 is 2.06 bits per heavy atom. The van der Waals surface area contributed by atoms with Crippen LogP contribution in [-0.4, -0.2) is 37.2 Å². The summed E-state index contributed by atoms with van der Waals surface area (Å²) in [6.45, 7) is 17.7. The van der Waals surface area contributed by atoms with Crippen LogP contribution in [0.4, 0.5) is 5.82 Å². The molecule has 2 rings (SSSR count). The molecule has 7 heteroatoms. The fraction of sp³-hybridized carbons (Fsp3) is 0.500. The Hall–Kier alpha value is -2.57. The first-order chi connectivity index (χ1) is 16.8. The van der Waals surface area contributed by atoms with Crippen molar-refractivity contribution in [3.8, 4) is 5.88 Å². The highest BCUT2D eigenvalue weighted by molar-refractivity contribution is 6.31. The number of allylic oxidation sites excluding steroid dienone is 5. The molecular formula is C28H43ClN4O2. The zero-order valence-electron chi connectivity index (χ0n) is 22.5. The number of amidine groups is 1. The number of nitrogens with zero attached hydrogens (tertiary/aromatic N) is 2. The molecule has 6 nitrogen and oxygen atoms in total. The molecule has 2 N–H and O–H groups in total. The van der Waals surface area contributed by atoms with Crippen molar-refractivity contribution in [1.82, 2.24) is 15.6 Å². The van der Waals surface area contributed by atoms with Crippen molar-refractivity contribution in [2.75, 3.05) is 20.3 Å². The molecule has 2 heterocycles. The normalized spacial score (nSPS) is 17.9. The Kier molecular flexibility index (Phi) is 14.8. The molecule has 2 atom stereocenters. The molecule has 35 heavy (non-hydrogen) atoms. The number of aliphatic imine (C=N–C) groups is 1. The van der Waals surface area contributed by atoms with Gasteiger partial charge < -0.3 is 20.1 Å². The van der Waals surface area contributed by atoms with E-state index in [0.717, 1.165) is 24.1 Å². The number of ether oxygens (including phenoxy) is 2. The summed E-state index contributed by atoms with van der Waals surface area (Å²) in [7, 11) is 1.95. The van der Waals surface area contributed by atoms with Crippen molar-refractivity contribution >= 4 is 23.3 Å². The van der Waals surface area contributed by atoms with Gasteiger partial charge in [-0.15, -0.1) is 0 Å². The van der Waals surface area contributed by atoms with Gasteiger partial charge in [-0.2, -0.15) is 4.98 Å². The third-order valence-corrected chi connectivity index (χ3v) is 5.54. The third-order valence-electron chi connectivity index (χ3n) is 5.26. The summed E-state index contributed by atoms with van der Waals surface area (Å²) >= 11 is 6.25. The van der Waals surface area contributed by atoms with Gasteiger partial charge in [0, 0.05) is 24.9 Å². The summed E-state index contributed by atoms with van der Waals surface area (Å²) < 4.78 is 11.2. The van der Waals surface area contributed by atoms with Crippen molar-refractivity contribution in [1.29, 1.82) is 0 Å². The van der Waals surface area contributed by atoms with E-state index in [9.17, 15) is 0 Å². The second kappa shape index (κ2) is 17.0. The molecule has 1 saturated heterocycles. The van der Waals surface area contributed by atoms with Gasteiger partial charge in [0.2, 0.25) is 5.88 Å². The highest BCUT2D eigenvalue weighted by Crippen LogP contribution is 2.27. The first-order valence-corrected chi connectivity index (χ1v) is 12.8. The molecule has 0 amide bonds. The summed E-state index contributed by atoms with van der Waals surface area (Å²) in [5.74, 6) is 2.04. The number of nitrogens with one attached hydrogen (secondary N) is 2. The molecule has 2 unspecified atom stereocenters. The Morgan fingerprint density at radius 1 is 1.34 bits per heavy atom. The smallest absolute Gasteiger partial charge is 0.234 e. The highest BCUT2D eigenvalue weighted by atomic mass is 35.5. The topological polar surface area (TPSA) is 67.8 Å². The predicted octanol–water partition coefficient (Wildman–Crippen LogP) is 7.12. The summed E-state index contributed by atoms with van der Waals surface area (Å²) in [5.41, 5.74) is 3.05. The van der Waals surface area contributed by atoms with Gasteiger partial charge >= 0.3 is 0 Å². The van der Waals surface area contributed by atoms with Crippen molar-refractivity contribution in [3.05, 3.63) is 65.0 Å². The van der Waals surface area contributed by atoms with E-state index in [1.807, 2.05) is 33.0 Å². The minimum atomic E-state index is -0.0284. The fourth-order valence-corrected chi connectivity index (χ4v) is 3.34. The van der Waals surface area contributed by atoms with Crippen LogP contribution in [0.2, 0.25) is 5.02 Å². The number of pyridine rings is 1. The van der Waals surface area contributed by atoms with Crippen LogP contribution in [0.3, 0.4) is 0 Å². The van der Waals surface area contributed by atoms with Crippen molar-refractivity contribution in [2.45, 2.75) is 66.9 Å². The van der Waals surface area contributed by atoms with Crippen molar-refractivity contribution in [2.24, 2.45) is 10.9 Å². The van der Waals surface area contributed by atoms with Crippen LogP contribution >= 0.6 is 11.6 Å². The first kappa shape index (κ1) is 30.5. The zero-order valence-corrected chi connectivity index (χ0v) is 23.2. The maximum Gasteiger partial charge on any atom is 0.234 e. The minimum Gasteiger partial charge on any atom is -0.471 e. The molecule has 1 aromatic rings. The van der Waals surface area contributed by atoms with Gasteiger partial charge in [-0.05, 0) is 50.0 Å². The predicted molar refractivity (Wildman–Crippen MR) is 150 cm³/mol. The van der Waals surface area contributed by atoms with Gasteiger partial charge in [0.1, 0.15) is 17.0 Å². The van der Waals surface area contributed by atoms with Gasteiger partial charge in [0.05, 0.1) is 13.2 Å². The van der Waals surface area contributed by atoms with Crippen LogP contribution in [0.1, 0.15) is 60.8 Å². The Morgan fingerprint density at radius 3 is 2.60 bits per heavy atom. The fourth-order valence-electron chi connectivity index (χ4n) is 3.19. The highest BCUT2D eigenvalue weighted by Gasteiger charge is 2.19. The van der Waals surface area contributed by atoms with E-state index in [-0.39, 0.29) is 6.10 Å². The Bertz CT molecular complexity index is 916. The zero-order chi connectivity index (χ0) is 26.2. The summed E-state index contributed by atoms with van der Waals surface area (Å²) in [5, 5.41) is 7.08. The van der Waals surface area contributed by atoms with Crippen LogP contribution in [0.15, 0.2) is 65.0 Å². The number of hydrogen-bond acceptors (Lipinski definition) is 5. The number of hydrogen-bond donors (Lipinski definition) is 2. The summed E-state index contributed by atoms with van der Waals surface area (Å²) in [4.78, 5) is 9.05. The van der Waals surface area contributed by atoms with E-state index >= 15 is 0 Å². The largest absolute Gasteiger partial charge is 0.471 e. The molecule has 1 aliphatic rings. The van der Waals surface area contributed by atoms with E-state index < -0.39 is 0 Å². The summed E-state index contributed by atoms with van der Waals surface area (Å²) in [6.07, 6.45) is 11.1. The minimum absolute atomic E-state index is 0.0284. The maximum atomic E-state index is 6.25. The van der Waals surface area contributed by atoms with Crippen LogP contribution < -0.4 is 15.4 Å². The lowest BCUT2D eigenvalue weighted by Gasteiger charge is -2.14. The lowest BCUT2D eigenvalue weighted by molar-refractivity contribution is 0.138. The molecule has 1 fully saturated rings. The van der Waals surface area contributed by atoms with Gasteiger partial charge in [-0.3, -0.25) is 0 Å². The summed E-state index contributed by atoms with van der Waals surface area (Å²) in [6, 6.07) is 3.51. The van der Waals surface area contributed by atoms with Crippen LogP contribution in [-0.2, 0) is 4.74 Å². The van der Waals surface area contributed by atoms with Crippen molar-refractivity contribution < 1.29 is 9.47 Å². The molecule has 0 saturated carbocycles. The maximum absolute atomic E-state index is 6.25. The monoisotopic (exact) mass is 502 g/mol. The molecule has 0 aromatic carbocycles.